The second-order valence-electron chi connectivity index (χ2n) is 5.74. The van der Waals surface area contributed by atoms with Crippen LogP contribution in [0.2, 0.25) is 0 Å². The van der Waals surface area contributed by atoms with E-state index < -0.39 is 10.9 Å². The number of nitrogens with zero attached hydrogens (tertiary/aromatic N) is 2. The molecule has 0 aromatic heterocycles. The fourth-order valence-corrected chi connectivity index (χ4v) is 2.80. The monoisotopic (exact) mass is 308 g/mol. The molecule has 1 heterocycles. The van der Waals surface area contributed by atoms with Crippen molar-refractivity contribution >= 4 is 11.7 Å². The van der Waals surface area contributed by atoms with Gasteiger partial charge in [0.25, 0.3) is 5.69 Å². The molecular weight excluding hydrogens is 288 g/mol. The van der Waals surface area contributed by atoms with Crippen LogP contribution in [0.15, 0.2) is 24.3 Å². The summed E-state index contributed by atoms with van der Waals surface area (Å²) in [5.74, 6) is -0.292. The third-order valence-electron chi connectivity index (χ3n) is 3.79. The van der Waals surface area contributed by atoms with E-state index in [9.17, 15) is 14.9 Å². The van der Waals surface area contributed by atoms with Crippen LogP contribution in [0.4, 0.5) is 5.69 Å². The summed E-state index contributed by atoms with van der Waals surface area (Å²) < 4.78 is 5.54. The lowest BCUT2D eigenvalue weighted by Gasteiger charge is -2.34. The van der Waals surface area contributed by atoms with Crippen molar-refractivity contribution in [3.8, 4) is 5.75 Å². The molecule has 0 aliphatic carbocycles. The number of piperidine rings is 1. The molecule has 0 spiro atoms. The molecule has 2 unspecified atom stereocenters. The molecule has 1 fully saturated rings. The van der Waals surface area contributed by atoms with E-state index in [2.05, 4.69) is 4.90 Å². The van der Waals surface area contributed by atoms with Crippen LogP contribution in [0.25, 0.3) is 0 Å². The number of nitro benzene ring substituents is 1. The first-order chi connectivity index (χ1) is 10.5. The van der Waals surface area contributed by atoms with E-state index >= 15 is 0 Å². The topological polar surface area (TPSA) is 92.9 Å². The number of carboxylic acids is 1. The highest BCUT2D eigenvalue weighted by Crippen LogP contribution is 2.22. The zero-order chi connectivity index (χ0) is 16.1. The van der Waals surface area contributed by atoms with Crippen LogP contribution in [0.1, 0.15) is 13.3 Å². The van der Waals surface area contributed by atoms with Gasteiger partial charge in [0.15, 0.2) is 0 Å². The SMILES string of the molecule is CC1CC(C(=O)O)CN(CCOc2cccc([N+](=O)[O-])c2)C1. The van der Waals surface area contributed by atoms with E-state index in [0.29, 0.717) is 37.8 Å². The Kier molecular flexibility index (Phi) is 5.32. The van der Waals surface area contributed by atoms with Gasteiger partial charge in [-0.15, -0.1) is 0 Å². The molecule has 1 aromatic carbocycles. The minimum Gasteiger partial charge on any atom is -0.492 e. The lowest BCUT2D eigenvalue weighted by Crippen LogP contribution is -2.44. The predicted octanol–water partition coefficient (Wildman–Crippen LogP) is 2.02. The Labute approximate surface area is 128 Å². The Morgan fingerprint density at radius 2 is 2.27 bits per heavy atom. The predicted molar refractivity (Wildman–Crippen MR) is 79.9 cm³/mol. The lowest BCUT2D eigenvalue weighted by molar-refractivity contribution is -0.384. The Morgan fingerprint density at radius 1 is 1.50 bits per heavy atom. The number of rotatable bonds is 6. The van der Waals surface area contributed by atoms with Crippen LogP contribution >= 0.6 is 0 Å². The van der Waals surface area contributed by atoms with E-state index in [0.717, 1.165) is 6.54 Å². The van der Waals surface area contributed by atoms with Crippen molar-refractivity contribution in [2.45, 2.75) is 13.3 Å². The van der Waals surface area contributed by atoms with Gasteiger partial charge in [-0.3, -0.25) is 19.8 Å². The smallest absolute Gasteiger partial charge is 0.307 e. The molecule has 2 rings (SSSR count). The first kappa shape index (κ1) is 16.2. The van der Waals surface area contributed by atoms with Crippen molar-refractivity contribution in [2.24, 2.45) is 11.8 Å². The molecule has 1 N–H and O–H groups in total. The largest absolute Gasteiger partial charge is 0.492 e. The van der Waals surface area contributed by atoms with Gasteiger partial charge in [0.05, 0.1) is 16.9 Å². The van der Waals surface area contributed by atoms with Crippen molar-refractivity contribution in [3.05, 3.63) is 34.4 Å². The van der Waals surface area contributed by atoms with Gasteiger partial charge >= 0.3 is 5.97 Å². The van der Waals surface area contributed by atoms with Crippen LogP contribution in [-0.2, 0) is 4.79 Å². The van der Waals surface area contributed by atoms with Crippen LogP contribution in [-0.4, -0.2) is 47.1 Å². The summed E-state index contributed by atoms with van der Waals surface area (Å²) in [5.41, 5.74) is -0.00460. The summed E-state index contributed by atoms with van der Waals surface area (Å²) in [6.45, 7) is 4.40. The molecule has 1 saturated heterocycles. The van der Waals surface area contributed by atoms with Crippen LogP contribution < -0.4 is 4.74 Å². The van der Waals surface area contributed by atoms with E-state index in [1.807, 2.05) is 6.92 Å². The summed E-state index contributed by atoms with van der Waals surface area (Å²) in [7, 11) is 0. The third-order valence-corrected chi connectivity index (χ3v) is 3.79. The lowest BCUT2D eigenvalue weighted by atomic mass is 9.90. The summed E-state index contributed by atoms with van der Waals surface area (Å²) in [4.78, 5) is 23.4. The standard InChI is InChI=1S/C15H20N2O5/c1-11-7-12(15(18)19)10-16(9-11)5-6-22-14-4-2-3-13(8-14)17(20)21/h2-4,8,11-12H,5-7,9-10H2,1H3,(H,18,19). The highest BCUT2D eigenvalue weighted by atomic mass is 16.6. The molecule has 1 aliphatic rings. The number of carboxylic acid groups (broad SMARTS) is 1. The molecule has 0 amide bonds. The van der Waals surface area contributed by atoms with Gasteiger partial charge in [0.2, 0.25) is 0 Å². The Morgan fingerprint density at radius 3 is 2.95 bits per heavy atom. The fourth-order valence-electron chi connectivity index (χ4n) is 2.80. The molecule has 7 nitrogen and oxygen atoms in total. The van der Waals surface area contributed by atoms with Crippen LogP contribution in [0, 0.1) is 22.0 Å². The van der Waals surface area contributed by atoms with Gasteiger partial charge in [0.1, 0.15) is 12.4 Å². The number of benzene rings is 1. The molecule has 0 radical (unpaired) electrons. The zero-order valence-corrected chi connectivity index (χ0v) is 12.5. The molecule has 7 heteroatoms. The minimum absolute atomic E-state index is 0.00460. The van der Waals surface area contributed by atoms with Gasteiger partial charge in [-0.1, -0.05) is 13.0 Å². The maximum Gasteiger partial charge on any atom is 0.307 e. The van der Waals surface area contributed by atoms with Gasteiger partial charge in [-0.05, 0) is 18.4 Å². The van der Waals surface area contributed by atoms with Gasteiger partial charge in [-0.2, -0.15) is 0 Å². The Hall–Kier alpha value is -2.15. The molecule has 2 atom stereocenters. The van der Waals surface area contributed by atoms with E-state index in [1.165, 1.54) is 12.1 Å². The number of nitro groups is 1. The quantitative estimate of drug-likeness (QED) is 0.638. The maximum atomic E-state index is 11.1. The van der Waals surface area contributed by atoms with Crippen LogP contribution in [0.3, 0.4) is 0 Å². The maximum absolute atomic E-state index is 11.1. The molecular formula is C15H20N2O5. The molecule has 0 bridgehead atoms. The average molecular weight is 308 g/mol. The van der Waals surface area contributed by atoms with Crippen molar-refractivity contribution in [1.29, 1.82) is 0 Å². The molecule has 1 aliphatic heterocycles. The second kappa shape index (κ2) is 7.22. The molecule has 0 saturated carbocycles. The zero-order valence-electron chi connectivity index (χ0n) is 12.5. The van der Waals surface area contributed by atoms with Crippen molar-refractivity contribution in [1.82, 2.24) is 4.90 Å². The summed E-state index contributed by atoms with van der Waals surface area (Å²) in [5, 5.41) is 19.8. The van der Waals surface area contributed by atoms with Gasteiger partial charge < -0.3 is 9.84 Å². The minimum atomic E-state index is -0.754. The van der Waals surface area contributed by atoms with Crippen LogP contribution in [0.5, 0.6) is 5.75 Å². The summed E-state index contributed by atoms with van der Waals surface area (Å²) in [6, 6.07) is 6.05. The summed E-state index contributed by atoms with van der Waals surface area (Å²) >= 11 is 0. The number of likely N-dealkylation sites (tertiary alicyclic amines) is 1. The Balaban J connectivity index is 1.84. The van der Waals surface area contributed by atoms with Gasteiger partial charge in [0, 0.05) is 25.7 Å². The first-order valence-electron chi connectivity index (χ1n) is 7.28. The van der Waals surface area contributed by atoms with E-state index in [1.54, 1.807) is 12.1 Å². The second-order valence-corrected chi connectivity index (χ2v) is 5.74. The molecule has 1 aromatic rings. The summed E-state index contributed by atoms with van der Waals surface area (Å²) in [6.07, 6.45) is 0.706. The fraction of sp³-hybridized carbons (Fsp3) is 0.533. The number of ether oxygens (including phenoxy) is 1. The van der Waals surface area contributed by atoms with E-state index in [-0.39, 0.29) is 11.6 Å². The average Bonchev–Trinajstić information content (AvgIpc) is 2.47. The highest BCUT2D eigenvalue weighted by molar-refractivity contribution is 5.70. The highest BCUT2D eigenvalue weighted by Gasteiger charge is 2.29. The van der Waals surface area contributed by atoms with Crippen molar-refractivity contribution in [2.75, 3.05) is 26.2 Å². The molecule has 120 valence electrons. The van der Waals surface area contributed by atoms with Crippen molar-refractivity contribution in [3.63, 3.8) is 0 Å². The number of aliphatic carboxylic acids is 1. The first-order valence-corrected chi connectivity index (χ1v) is 7.28. The number of carbonyl (C=O) groups is 1. The van der Waals surface area contributed by atoms with Gasteiger partial charge in [-0.25, -0.2) is 0 Å². The number of hydrogen-bond acceptors (Lipinski definition) is 5. The number of non-ortho nitro benzene ring substituents is 1. The van der Waals surface area contributed by atoms with E-state index in [4.69, 9.17) is 9.84 Å². The number of hydrogen-bond donors (Lipinski definition) is 1. The normalized spacial score (nSPS) is 22.2. The molecule has 22 heavy (non-hydrogen) atoms. The Bertz CT molecular complexity index is 548. The third kappa shape index (κ3) is 4.42. The van der Waals surface area contributed by atoms with Crippen molar-refractivity contribution < 1.29 is 19.6 Å².